The van der Waals surface area contributed by atoms with Crippen molar-refractivity contribution < 1.29 is 19.0 Å². The van der Waals surface area contributed by atoms with Crippen molar-refractivity contribution in [3.63, 3.8) is 0 Å². The van der Waals surface area contributed by atoms with E-state index in [-0.39, 0.29) is 19.3 Å². The zero-order valence-corrected chi connectivity index (χ0v) is 24.7. The molecule has 218 valence electrons. The van der Waals surface area contributed by atoms with E-state index in [0.29, 0.717) is 29.1 Å². The summed E-state index contributed by atoms with van der Waals surface area (Å²) >= 11 is 6.19. The number of aryl methyl sites for hydroxylation is 1. The van der Waals surface area contributed by atoms with Crippen molar-refractivity contribution in [1.29, 1.82) is 5.26 Å². The molecule has 6 rings (SSSR count). The van der Waals surface area contributed by atoms with Crippen molar-refractivity contribution in [2.24, 2.45) is 0 Å². The van der Waals surface area contributed by atoms with Gasteiger partial charge in [0.2, 0.25) is 12.7 Å². The fraction of sp³-hybridized carbons (Fsp3) is 0.257. The number of anilines is 1. The number of rotatable bonds is 8. The lowest BCUT2D eigenvalue weighted by Gasteiger charge is -2.42. The number of nitrogens with zero attached hydrogens (tertiary/aromatic N) is 2. The van der Waals surface area contributed by atoms with Crippen molar-refractivity contribution in [2.75, 3.05) is 31.8 Å². The first-order valence-corrected chi connectivity index (χ1v) is 14.7. The lowest BCUT2D eigenvalue weighted by Crippen LogP contribution is -2.45. The van der Waals surface area contributed by atoms with Crippen LogP contribution in [0.4, 0.5) is 5.69 Å². The quantitative estimate of drug-likeness (QED) is 0.235. The molecule has 0 unspecified atom stereocenters. The molecule has 43 heavy (non-hydrogen) atoms. The predicted molar refractivity (Wildman–Crippen MR) is 166 cm³/mol. The molecule has 2 heterocycles. The summed E-state index contributed by atoms with van der Waals surface area (Å²) in [6.07, 6.45) is 1.43. The number of ether oxygens (including phenoxy) is 3. The molecule has 4 aromatic carbocycles. The van der Waals surface area contributed by atoms with Gasteiger partial charge in [-0.25, -0.2) is 0 Å². The number of piperidine rings is 1. The molecule has 0 bridgehead atoms. The molecule has 0 spiro atoms. The van der Waals surface area contributed by atoms with Gasteiger partial charge in [0.25, 0.3) is 0 Å². The van der Waals surface area contributed by atoms with Crippen molar-refractivity contribution >= 4 is 23.2 Å². The van der Waals surface area contributed by atoms with Crippen LogP contribution in [-0.2, 0) is 21.7 Å². The number of carbonyl (C=O) groups excluding carboxylic acids is 1. The van der Waals surface area contributed by atoms with E-state index < -0.39 is 5.60 Å². The van der Waals surface area contributed by atoms with Gasteiger partial charge < -0.3 is 19.5 Å². The average molecular weight is 594 g/mol. The Kier molecular flexibility index (Phi) is 8.35. The number of carbonyl (C=O) groups is 1. The first kappa shape index (κ1) is 28.8. The number of amides is 1. The Morgan fingerprint density at radius 1 is 1.00 bits per heavy atom. The second kappa shape index (κ2) is 12.5. The summed E-state index contributed by atoms with van der Waals surface area (Å²) in [5.41, 5.74) is 5.72. The number of hydrogen-bond acceptors (Lipinski definition) is 6. The van der Waals surface area contributed by atoms with E-state index in [2.05, 4.69) is 46.6 Å². The van der Waals surface area contributed by atoms with E-state index in [4.69, 9.17) is 25.8 Å². The second-order valence-corrected chi connectivity index (χ2v) is 11.5. The van der Waals surface area contributed by atoms with Crippen molar-refractivity contribution in [3.05, 3.63) is 112 Å². The van der Waals surface area contributed by atoms with Crippen LogP contribution in [0.5, 0.6) is 11.5 Å². The molecule has 1 saturated heterocycles. The number of hydrogen-bond donors (Lipinski definition) is 1. The van der Waals surface area contributed by atoms with E-state index >= 15 is 0 Å². The molecular weight excluding hydrogens is 562 g/mol. The van der Waals surface area contributed by atoms with Gasteiger partial charge in [-0.05, 0) is 78.4 Å². The summed E-state index contributed by atoms with van der Waals surface area (Å²) in [4.78, 5) is 15.4. The largest absolute Gasteiger partial charge is 0.454 e. The first-order chi connectivity index (χ1) is 20.9. The van der Waals surface area contributed by atoms with Crippen LogP contribution < -0.4 is 14.8 Å². The second-order valence-electron chi connectivity index (χ2n) is 11.0. The highest BCUT2D eigenvalue weighted by molar-refractivity contribution is 6.31. The molecule has 4 aromatic rings. The Hall–Kier alpha value is -4.35. The normalized spacial score (nSPS) is 15.6. The Balaban J connectivity index is 1.20. The summed E-state index contributed by atoms with van der Waals surface area (Å²) in [5.74, 6) is 1.37. The number of likely N-dealkylation sites (tertiary alicyclic amines) is 1. The molecule has 2 aliphatic rings. The minimum absolute atomic E-state index is 0.0884. The highest BCUT2D eigenvalue weighted by atomic mass is 35.5. The number of nitrogens with one attached hydrogen (secondary N) is 1. The predicted octanol–water partition coefficient (Wildman–Crippen LogP) is 7.06. The summed E-state index contributed by atoms with van der Waals surface area (Å²) < 4.78 is 17.8. The first-order valence-electron chi connectivity index (χ1n) is 14.3. The number of para-hydroxylation sites is 1. The maximum Gasteiger partial charge on any atom is 0.250 e. The van der Waals surface area contributed by atoms with Crippen LogP contribution >= 0.6 is 11.6 Å². The minimum Gasteiger partial charge on any atom is -0.454 e. The highest BCUT2D eigenvalue weighted by Gasteiger charge is 2.38. The minimum atomic E-state index is -0.636. The van der Waals surface area contributed by atoms with Crippen LogP contribution in [-0.4, -0.2) is 37.3 Å². The summed E-state index contributed by atoms with van der Waals surface area (Å²) in [5, 5.41) is 12.8. The SMILES string of the molecule is Cc1cc(Cl)cc(NC(=O)COC2(c3ccc(-c4cccc(C#N)c4)cc3)CCN(Cc3cccc4c3OCO4)CC2)c1. The summed E-state index contributed by atoms with van der Waals surface area (Å²) in [6.45, 7) is 4.40. The van der Waals surface area contributed by atoms with Crippen LogP contribution in [0.3, 0.4) is 0 Å². The third kappa shape index (κ3) is 6.52. The molecule has 1 amide bonds. The van der Waals surface area contributed by atoms with Crippen LogP contribution in [0, 0.1) is 18.3 Å². The Morgan fingerprint density at radius 2 is 1.79 bits per heavy atom. The zero-order valence-electron chi connectivity index (χ0n) is 23.9. The van der Waals surface area contributed by atoms with Crippen molar-refractivity contribution in [2.45, 2.75) is 31.9 Å². The molecule has 1 N–H and O–H groups in total. The van der Waals surface area contributed by atoms with Gasteiger partial charge in [0, 0.05) is 35.9 Å². The molecule has 2 aliphatic heterocycles. The van der Waals surface area contributed by atoms with Crippen molar-refractivity contribution in [3.8, 4) is 28.7 Å². The highest BCUT2D eigenvalue weighted by Crippen LogP contribution is 2.40. The maximum atomic E-state index is 13.0. The van der Waals surface area contributed by atoms with E-state index in [1.165, 1.54) is 0 Å². The van der Waals surface area contributed by atoms with Gasteiger partial charge in [-0.2, -0.15) is 5.26 Å². The Morgan fingerprint density at radius 3 is 2.56 bits per heavy atom. The number of benzene rings is 4. The van der Waals surface area contributed by atoms with E-state index in [1.54, 1.807) is 12.1 Å². The topological polar surface area (TPSA) is 83.8 Å². The lowest BCUT2D eigenvalue weighted by atomic mass is 9.83. The van der Waals surface area contributed by atoms with Gasteiger partial charge >= 0.3 is 0 Å². The Labute approximate surface area is 256 Å². The molecule has 0 aromatic heterocycles. The number of fused-ring (bicyclic) bond motifs is 1. The molecule has 7 nitrogen and oxygen atoms in total. The summed E-state index contributed by atoms with van der Waals surface area (Å²) in [7, 11) is 0. The van der Waals surface area contributed by atoms with Gasteiger partial charge in [0.05, 0.1) is 17.2 Å². The molecule has 0 saturated carbocycles. The van der Waals surface area contributed by atoms with Crippen LogP contribution in [0.1, 0.15) is 35.1 Å². The van der Waals surface area contributed by atoms with Crippen LogP contribution in [0.15, 0.2) is 84.9 Å². The van der Waals surface area contributed by atoms with Crippen molar-refractivity contribution in [1.82, 2.24) is 4.90 Å². The molecule has 1 fully saturated rings. The van der Waals surface area contributed by atoms with Gasteiger partial charge in [-0.3, -0.25) is 9.69 Å². The standard InChI is InChI=1S/C35H32ClN3O4/c1-24-16-30(36)19-31(17-24)38-33(40)22-43-35(29-10-8-26(9-11-29)27-5-2-4-25(18-27)20-37)12-14-39(15-13-35)21-28-6-3-7-32-34(28)42-23-41-32/h2-11,16-19H,12-15,21-23H2,1H3,(H,38,40). The van der Waals surface area contributed by atoms with Crippen LogP contribution in [0.25, 0.3) is 11.1 Å². The average Bonchev–Trinajstić information content (AvgIpc) is 3.51. The summed E-state index contributed by atoms with van der Waals surface area (Å²) in [6, 6.07) is 29.5. The van der Waals surface area contributed by atoms with E-state index in [0.717, 1.165) is 59.0 Å². The molecule has 0 aliphatic carbocycles. The maximum absolute atomic E-state index is 13.0. The van der Waals surface area contributed by atoms with Gasteiger partial charge in [-0.1, -0.05) is 60.1 Å². The third-order valence-electron chi connectivity index (χ3n) is 8.08. The van der Waals surface area contributed by atoms with E-state index in [9.17, 15) is 10.1 Å². The molecule has 8 heteroatoms. The zero-order chi connectivity index (χ0) is 29.8. The number of nitriles is 1. The van der Waals surface area contributed by atoms with Gasteiger partial charge in [0.15, 0.2) is 11.5 Å². The lowest BCUT2D eigenvalue weighted by molar-refractivity contribution is -0.135. The van der Waals surface area contributed by atoms with Gasteiger partial charge in [-0.15, -0.1) is 0 Å². The molecule has 0 radical (unpaired) electrons. The smallest absolute Gasteiger partial charge is 0.250 e. The Bertz CT molecular complexity index is 1650. The fourth-order valence-corrected chi connectivity index (χ4v) is 6.18. The molecular formula is C35H32ClN3O4. The fourth-order valence-electron chi connectivity index (χ4n) is 5.89. The monoisotopic (exact) mass is 593 g/mol. The number of halogens is 1. The van der Waals surface area contributed by atoms with Crippen LogP contribution in [0.2, 0.25) is 5.02 Å². The third-order valence-corrected chi connectivity index (χ3v) is 8.30. The van der Waals surface area contributed by atoms with Gasteiger partial charge in [0.1, 0.15) is 6.61 Å². The van der Waals surface area contributed by atoms with E-state index in [1.807, 2.05) is 49.4 Å². The molecule has 0 atom stereocenters.